The van der Waals surface area contributed by atoms with Gasteiger partial charge in [0.05, 0.1) is 6.10 Å². The molecule has 3 aromatic rings. The molecule has 134 valence electrons. The summed E-state index contributed by atoms with van der Waals surface area (Å²) in [7, 11) is 0. The highest BCUT2D eigenvalue weighted by Gasteiger charge is 2.06. The minimum absolute atomic E-state index is 0.468. The lowest BCUT2D eigenvalue weighted by Gasteiger charge is -2.12. The first-order valence-electron chi connectivity index (χ1n) is 8.92. The third-order valence-corrected chi connectivity index (χ3v) is 4.81. The molecule has 1 unspecified atom stereocenters. The average molecular weight is 366 g/mol. The number of aliphatic hydroxyl groups is 1. The summed E-state index contributed by atoms with van der Waals surface area (Å²) in [5.74, 6) is 0. The van der Waals surface area contributed by atoms with E-state index in [9.17, 15) is 5.11 Å². The van der Waals surface area contributed by atoms with Crippen LogP contribution in [0.15, 0.2) is 72.8 Å². The van der Waals surface area contributed by atoms with Gasteiger partial charge in [-0.3, -0.25) is 0 Å². The Hall–Kier alpha value is -2.13. The molecule has 26 heavy (non-hydrogen) atoms. The Morgan fingerprint density at radius 3 is 2.42 bits per heavy atom. The van der Waals surface area contributed by atoms with Crippen molar-refractivity contribution in [3.05, 3.63) is 94.5 Å². The lowest BCUT2D eigenvalue weighted by Crippen LogP contribution is -2.23. The third kappa shape index (κ3) is 4.95. The standard InChI is InChI=1S/C23H24ClNO/c1-17-7-12-21(24)15-22(17)19-10-8-18(9-11-19)13-14-25-16-23(26)20-5-3-2-4-6-20/h2-12,15,23,25-26H,13-14,16H2,1H3. The molecule has 3 aromatic carbocycles. The predicted octanol–water partition coefficient (Wildman–Crippen LogP) is 5.18. The molecule has 0 saturated heterocycles. The van der Waals surface area contributed by atoms with E-state index < -0.39 is 6.10 Å². The molecule has 0 radical (unpaired) electrons. The molecule has 0 amide bonds. The summed E-state index contributed by atoms with van der Waals surface area (Å²) in [6.07, 6.45) is 0.459. The summed E-state index contributed by atoms with van der Waals surface area (Å²) in [6, 6.07) is 24.3. The molecule has 2 N–H and O–H groups in total. The fraction of sp³-hybridized carbons (Fsp3) is 0.217. The number of nitrogens with one attached hydrogen (secondary N) is 1. The lowest BCUT2D eigenvalue weighted by atomic mass is 9.99. The zero-order valence-electron chi connectivity index (χ0n) is 15.0. The predicted molar refractivity (Wildman–Crippen MR) is 110 cm³/mol. The maximum absolute atomic E-state index is 10.2. The zero-order valence-corrected chi connectivity index (χ0v) is 15.7. The molecule has 1 atom stereocenters. The Labute approximate surface area is 160 Å². The SMILES string of the molecule is Cc1ccc(Cl)cc1-c1ccc(CCNCC(O)c2ccccc2)cc1. The number of aryl methyl sites for hydroxylation is 1. The third-order valence-electron chi connectivity index (χ3n) is 4.58. The molecule has 0 heterocycles. The molecular weight excluding hydrogens is 342 g/mol. The van der Waals surface area contributed by atoms with Crippen molar-refractivity contribution in [1.29, 1.82) is 0 Å². The van der Waals surface area contributed by atoms with Gasteiger partial charge in [-0.25, -0.2) is 0 Å². The highest BCUT2D eigenvalue weighted by molar-refractivity contribution is 6.30. The van der Waals surface area contributed by atoms with Crippen LogP contribution in [0.3, 0.4) is 0 Å². The maximum Gasteiger partial charge on any atom is 0.0914 e. The van der Waals surface area contributed by atoms with E-state index >= 15 is 0 Å². The van der Waals surface area contributed by atoms with Gasteiger partial charge in [0, 0.05) is 11.6 Å². The van der Waals surface area contributed by atoms with Gasteiger partial charge in [-0.05, 0) is 59.8 Å². The van der Waals surface area contributed by atoms with Crippen molar-refractivity contribution in [1.82, 2.24) is 5.32 Å². The molecule has 0 aromatic heterocycles. The van der Waals surface area contributed by atoms with Crippen molar-refractivity contribution in [3.8, 4) is 11.1 Å². The van der Waals surface area contributed by atoms with Crippen molar-refractivity contribution in [2.24, 2.45) is 0 Å². The van der Waals surface area contributed by atoms with Crippen LogP contribution in [-0.4, -0.2) is 18.2 Å². The highest BCUT2D eigenvalue weighted by atomic mass is 35.5. The summed E-state index contributed by atoms with van der Waals surface area (Å²) >= 11 is 6.12. The second-order valence-corrected chi connectivity index (χ2v) is 6.97. The molecule has 0 bridgehead atoms. The molecule has 0 aliphatic rings. The fourth-order valence-electron chi connectivity index (χ4n) is 3.02. The first kappa shape index (κ1) is 18.7. The Bertz CT molecular complexity index is 831. The summed E-state index contributed by atoms with van der Waals surface area (Å²) in [5, 5.41) is 14.2. The molecule has 3 rings (SSSR count). The highest BCUT2D eigenvalue weighted by Crippen LogP contribution is 2.26. The van der Waals surface area contributed by atoms with Gasteiger partial charge >= 0.3 is 0 Å². The number of benzene rings is 3. The van der Waals surface area contributed by atoms with Crippen molar-refractivity contribution >= 4 is 11.6 Å². The Kier molecular flexibility index (Phi) is 6.45. The monoisotopic (exact) mass is 365 g/mol. The van der Waals surface area contributed by atoms with Crippen molar-refractivity contribution in [2.45, 2.75) is 19.4 Å². The van der Waals surface area contributed by atoms with Crippen LogP contribution in [-0.2, 0) is 6.42 Å². The van der Waals surface area contributed by atoms with Crippen LogP contribution in [0, 0.1) is 6.92 Å². The fourth-order valence-corrected chi connectivity index (χ4v) is 3.19. The first-order chi connectivity index (χ1) is 12.6. The van der Waals surface area contributed by atoms with Gasteiger partial charge < -0.3 is 10.4 Å². The van der Waals surface area contributed by atoms with Crippen molar-refractivity contribution in [2.75, 3.05) is 13.1 Å². The first-order valence-corrected chi connectivity index (χ1v) is 9.30. The molecule has 0 saturated carbocycles. The molecule has 3 heteroatoms. The average Bonchev–Trinajstić information content (AvgIpc) is 2.68. The number of rotatable bonds is 7. The maximum atomic E-state index is 10.2. The summed E-state index contributed by atoms with van der Waals surface area (Å²) < 4.78 is 0. The summed E-state index contributed by atoms with van der Waals surface area (Å²) in [5.41, 5.74) is 5.80. The lowest BCUT2D eigenvalue weighted by molar-refractivity contribution is 0.175. The van der Waals surface area contributed by atoms with Gasteiger partial charge in [0.1, 0.15) is 0 Å². The quantitative estimate of drug-likeness (QED) is 0.565. The Morgan fingerprint density at radius 1 is 0.962 bits per heavy atom. The number of halogens is 1. The van der Waals surface area contributed by atoms with Crippen LogP contribution in [0.2, 0.25) is 5.02 Å². The number of hydrogen-bond donors (Lipinski definition) is 2. The zero-order chi connectivity index (χ0) is 18.4. The van der Waals surface area contributed by atoms with Crippen LogP contribution in [0.5, 0.6) is 0 Å². The van der Waals surface area contributed by atoms with Crippen LogP contribution in [0.25, 0.3) is 11.1 Å². The molecule has 0 fully saturated rings. The second-order valence-electron chi connectivity index (χ2n) is 6.54. The summed E-state index contributed by atoms with van der Waals surface area (Å²) in [4.78, 5) is 0. The summed E-state index contributed by atoms with van der Waals surface area (Å²) in [6.45, 7) is 3.49. The van der Waals surface area contributed by atoms with Gasteiger partial charge in [-0.15, -0.1) is 0 Å². The van der Waals surface area contributed by atoms with Crippen LogP contribution in [0.4, 0.5) is 0 Å². The molecular formula is C23H24ClNO. The van der Waals surface area contributed by atoms with E-state index in [2.05, 4.69) is 36.5 Å². The number of hydrogen-bond acceptors (Lipinski definition) is 2. The second kappa shape index (κ2) is 9.00. The molecule has 0 aliphatic heterocycles. The minimum atomic E-state index is -0.468. The molecule has 0 spiro atoms. The van der Waals surface area contributed by atoms with Gasteiger partial charge in [0.25, 0.3) is 0 Å². The Balaban J connectivity index is 1.51. The minimum Gasteiger partial charge on any atom is -0.387 e. The molecule has 0 aliphatic carbocycles. The van der Waals surface area contributed by atoms with Gasteiger partial charge in [-0.2, -0.15) is 0 Å². The van der Waals surface area contributed by atoms with Crippen molar-refractivity contribution < 1.29 is 5.11 Å². The van der Waals surface area contributed by atoms with Crippen molar-refractivity contribution in [3.63, 3.8) is 0 Å². The Morgan fingerprint density at radius 2 is 1.69 bits per heavy atom. The van der Waals surface area contributed by atoms with E-state index in [0.29, 0.717) is 6.54 Å². The van der Waals surface area contributed by atoms with Crippen LogP contribution < -0.4 is 5.32 Å². The van der Waals surface area contributed by atoms with Crippen LogP contribution >= 0.6 is 11.6 Å². The largest absolute Gasteiger partial charge is 0.387 e. The topological polar surface area (TPSA) is 32.3 Å². The van der Waals surface area contributed by atoms with Gasteiger partial charge in [0.15, 0.2) is 0 Å². The van der Waals surface area contributed by atoms with Gasteiger partial charge in [-0.1, -0.05) is 72.3 Å². The van der Waals surface area contributed by atoms with E-state index in [4.69, 9.17) is 11.6 Å². The smallest absolute Gasteiger partial charge is 0.0914 e. The van der Waals surface area contributed by atoms with E-state index in [1.54, 1.807) is 0 Å². The number of aliphatic hydroxyl groups excluding tert-OH is 1. The van der Waals surface area contributed by atoms with E-state index in [1.165, 1.54) is 22.3 Å². The van der Waals surface area contributed by atoms with E-state index in [0.717, 1.165) is 23.6 Å². The van der Waals surface area contributed by atoms with E-state index in [1.807, 2.05) is 48.5 Å². The van der Waals surface area contributed by atoms with E-state index in [-0.39, 0.29) is 0 Å². The van der Waals surface area contributed by atoms with Gasteiger partial charge in [0.2, 0.25) is 0 Å². The van der Waals surface area contributed by atoms with Crippen LogP contribution in [0.1, 0.15) is 22.8 Å². The normalized spacial score (nSPS) is 12.1. The molecule has 2 nitrogen and oxygen atoms in total.